The quantitative estimate of drug-likeness (QED) is 0.366. The summed E-state index contributed by atoms with van der Waals surface area (Å²) in [4.78, 5) is 27.8. The zero-order chi connectivity index (χ0) is 22.8. The minimum Gasteiger partial charge on any atom is -0.507 e. The lowest BCUT2D eigenvalue weighted by atomic mass is 9.95. The number of benzene rings is 3. The number of nitrogens with zero attached hydrogens (tertiary/aromatic N) is 1. The van der Waals surface area contributed by atoms with Crippen LogP contribution < -0.4 is 9.47 Å². The van der Waals surface area contributed by atoms with Gasteiger partial charge in [-0.15, -0.1) is 0 Å². The third-order valence-electron chi connectivity index (χ3n) is 5.96. The number of fused-ring (bicyclic) bond motifs is 1. The third-order valence-corrected chi connectivity index (χ3v) is 5.96. The number of aliphatic hydroxyl groups excluding tert-OH is 1. The predicted octanol–water partition coefficient (Wildman–Crippen LogP) is 4.12. The van der Waals surface area contributed by atoms with E-state index in [1.54, 1.807) is 23.1 Å². The highest BCUT2D eigenvalue weighted by molar-refractivity contribution is 6.46. The predicted molar refractivity (Wildman–Crippen MR) is 123 cm³/mol. The summed E-state index contributed by atoms with van der Waals surface area (Å²) >= 11 is 0. The first-order valence-corrected chi connectivity index (χ1v) is 10.9. The van der Waals surface area contributed by atoms with Gasteiger partial charge < -0.3 is 19.5 Å². The molecule has 3 aromatic carbocycles. The average Bonchev–Trinajstić information content (AvgIpc) is 3.12. The molecule has 33 heavy (non-hydrogen) atoms. The van der Waals surface area contributed by atoms with Gasteiger partial charge in [-0.2, -0.15) is 0 Å². The largest absolute Gasteiger partial charge is 0.507 e. The molecule has 0 radical (unpaired) electrons. The summed E-state index contributed by atoms with van der Waals surface area (Å²) in [5, 5.41) is 11.2. The molecule has 0 saturated carbocycles. The maximum absolute atomic E-state index is 13.1. The Morgan fingerprint density at radius 1 is 0.879 bits per heavy atom. The number of Topliss-reactive ketones (excluding diaryl/α,β-unsaturated/α-hetero) is 1. The minimum absolute atomic E-state index is 0.0796. The standard InChI is InChI=1S/C27H23NO5/c29-25(20-11-12-21-22(17-20)33-16-15-32-21)23-24(19-9-5-2-6-10-19)28(27(31)26(23)30)14-13-18-7-3-1-4-8-18/h1-12,17,24,29H,13-16H2/t24-/m1/s1. The molecule has 0 aromatic heterocycles. The number of hydrogen-bond donors (Lipinski definition) is 1. The summed E-state index contributed by atoms with van der Waals surface area (Å²) in [5.41, 5.74) is 2.32. The van der Waals surface area contributed by atoms with E-state index in [0.29, 0.717) is 43.2 Å². The van der Waals surface area contributed by atoms with Crippen molar-refractivity contribution >= 4 is 17.4 Å². The first kappa shape index (κ1) is 20.8. The summed E-state index contributed by atoms with van der Waals surface area (Å²) in [5.74, 6) is -0.440. The molecule has 1 N–H and O–H groups in total. The SMILES string of the molecule is O=C1C(=O)N(CCc2ccccc2)[C@H](c2ccccc2)C1=C(O)c1ccc2c(c1)OCCO2. The van der Waals surface area contributed by atoms with Crippen LogP contribution in [0.15, 0.2) is 84.4 Å². The molecule has 2 aliphatic heterocycles. The molecule has 1 amide bonds. The number of carbonyl (C=O) groups excluding carboxylic acids is 2. The monoisotopic (exact) mass is 441 g/mol. The number of likely N-dealkylation sites (tertiary alicyclic amines) is 1. The van der Waals surface area contributed by atoms with E-state index in [1.165, 1.54) is 0 Å². The van der Waals surface area contributed by atoms with Crippen molar-refractivity contribution < 1.29 is 24.2 Å². The molecule has 3 aromatic rings. The van der Waals surface area contributed by atoms with Crippen LogP contribution in [0.2, 0.25) is 0 Å². The number of aliphatic hydroxyl groups is 1. The molecule has 2 heterocycles. The second-order valence-electron chi connectivity index (χ2n) is 8.00. The van der Waals surface area contributed by atoms with Gasteiger partial charge in [-0.3, -0.25) is 9.59 Å². The molecule has 1 fully saturated rings. The summed E-state index contributed by atoms with van der Waals surface area (Å²) < 4.78 is 11.2. The fourth-order valence-electron chi connectivity index (χ4n) is 4.33. The van der Waals surface area contributed by atoms with Gasteiger partial charge >= 0.3 is 0 Å². The highest BCUT2D eigenvalue weighted by atomic mass is 16.6. The zero-order valence-electron chi connectivity index (χ0n) is 17.9. The van der Waals surface area contributed by atoms with E-state index >= 15 is 0 Å². The molecule has 0 bridgehead atoms. The van der Waals surface area contributed by atoms with Crippen molar-refractivity contribution in [3.8, 4) is 11.5 Å². The third kappa shape index (κ3) is 3.96. The molecule has 2 aliphatic rings. The van der Waals surface area contributed by atoms with Gasteiger partial charge in [0.15, 0.2) is 11.5 Å². The molecule has 6 nitrogen and oxygen atoms in total. The van der Waals surface area contributed by atoms with Gasteiger partial charge in [0.2, 0.25) is 0 Å². The molecular formula is C27H23NO5. The summed E-state index contributed by atoms with van der Waals surface area (Å²) in [6.45, 7) is 1.22. The van der Waals surface area contributed by atoms with Gasteiger partial charge in [-0.25, -0.2) is 0 Å². The number of hydrogen-bond acceptors (Lipinski definition) is 5. The smallest absolute Gasteiger partial charge is 0.295 e. The summed E-state index contributed by atoms with van der Waals surface area (Å²) in [6, 6.07) is 23.5. The summed E-state index contributed by atoms with van der Waals surface area (Å²) in [7, 11) is 0. The summed E-state index contributed by atoms with van der Waals surface area (Å²) in [6.07, 6.45) is 0.598. The van der Waals surface area contributed by atoms with Crippen molar-refractivity contribution in [3.63, 3.8) is 0 Å². The van der Waals surface area contributed by atoms with Crippen LogP contribution in [0.5, 0.6) is 11.5 Å². The number of rotatable bonds is 5. The Morgan fingerprint density at radius 2 is 1.55 bits per heavy atom. The van der Waals surface area contributed by atoms with Gasteiger partial charge in [0, 0.05) is 12.1 Å². The topological polar surface area (TPSA) is 76.1 Å². The lowest BCUT2D eigenvalue weighted by Crippen LogP contribution is -2.31. The highest BCUT2D eigenvalue weighted by Gasteiger charge is 2.45. The highest BCUT2D eigenvalue weighted by Crippen LogP contribution is 2.41. The van der Waals surface area contributed by atoms with Crippen molar-refractivity contribution in [3.05, 3.63) is 101 Å². The second-order valence-corrected chi connectivity index (χ2v) is 8.00. The fraction of sp³-hybridized carbons (Fsp3) is 0.185. The van der Waals surface area contributed by atoms with Crippen molar-refractivity contribution in [2.24, 2.45) is 0 Å². The van der Waals surface area contributed by atoms with E-state index in [4.69, 9.17) is 9.47 Å². The van der Waals surface area contributed by atoms with Gasteiger partial charge in [-0.05, 0) is 35.7 Å². The van der Waals surface area contributed by atoms with Crippen LogP contribution in [-0.2, 0) is 16.0 Å². The Morgan fingerprint density at radius 3 is 2.27 bits per heavy atom. The van der Waals surface area contributed by atoms with Crippen molar-refractivity contribution in [1.82, 2.24) is 4.90 Å². The lowest BCUT2D eigenvalue weighted by Gasteiger charge is -2.25. The normalized spacial score (nSPS) is 19.0. The van der Waals surface area contributed by atoms with E-state index in [1.807, 2.05) is 60.7 Å². The Kier molecular flexibility index (Phi) is 5.57. The van der Waals surface area contributed by atoms with Crippen LogP contribution in [0.3, 0.4) is 0 Å². The van der Waals surface area contributed by atoms with Gasteiger partial charge in [0.05, 0.1) is 11.6 Å². The van der Waals surface area contributed by atoms with Crippen molar-refractivity contribution in [2.45, 2.75) is 12.5 Å². The van der Waals surface area contributed by atoms with Crippen LogP contribution >= 0.6 is 0 Å². The maximum atomic E-state index is 13.1. The first-order valence-electron chi connectivity index (χ1n) is 10.9. The molecule has 5 rings (SSSR count). The fourth-order valence-corrected chi connectivity index (χ4v) is 4.33. The Hall–Kier alpha value is -4.06. The first-order chi connectivity index (χ1) is 16.1. The van der Waals surface area contributed by atoms with Crippen LogP contribution in [0.25, 0.3) is 5.76 Å². The van der Waals surface area contributed by atoms with Gasteiger partial charge in [-0.1, -0.05) is 60.7 Å². The molecule has 166 valence electrons. The number of ether oxygens (including phenoxy) is 2. The maximum Gasteiger partial charge on any atom is 0.295 e. The van der Waals surface area contributed by atoms with E-state index < -0.39 is 17.7 Å². The Labute approximate surface area is 191 Å². The molecule has 0 spiro atoms. The van der Waals surface area contributed by atoms with E-state index in [0.717, 1.165) is 11.1 Å². The Balaban J connectivity index is 1.56. The minimum atomic E-state index is -0.690. The van der Waals surface area contributed by atoms with Crippen LogP contribution in [-0.4, -0.2) is 41.5 Å². The number of ketones is 1. The second kappa shape index (κ2) is 8.82. The van der Waals surface area contributed by atoms with Crippen molar-refractivity contribution in [2.75, 3.05) is 19.8 Å². The molecular weight excluding hydrogens is 418 g/mol. The Bertz CT molecular complexity index is 1220. The molecule has 0 aliphatic carbocycles. The van der Waals surface area contributed by atoms with Crippen molar-refractivity contribution in [1.29, 1.82) is 0 Å². The van der Waals surface area contributed by atoms with Crippen LogP contribution in [0.1, 0.15) is 22.7 Å². The van der Waals surface area contributed by atoms with Gasteiger partial charge in [0.1, 0.15) is 19.0 Å². The number of amides is 1. The van der Waals surface area contributed by atoms with E-state index in [-0.39, 0.29) is 11.3 Å². The van der Waals surface area contributed by atoms with Crippen LogP contribution in [0.4, 0.5) is 0 Å². The van der Waals surface area contributed by atoms with Gasteiger partial charge in [0.25, 0.3) is 11.7 Å². The zero-order valence-corrected chi connectivity index (χ0v) is 17.9. The van der Waals surface area contributed by atoms with Crippen LogP contribution in [0, 0.1) is 0 Å². The lowest BCUT2D eigenvalue weighted by molar-refractivity contribution is -0.139. The van der Waals surface area contributed by atoms with E-state index in [2.05, 4.69) is 0 Å². The average molecular weight is 441 g/mol. The molecule has 6 heteroatoms. The molecule has 1 saturated heterocycles. The molecule has 0 unspecified atom stereocenters. The van der Waals surface area contributed by atoms with E-state index in [9.17, 15) is 14.7 Å². The number of carbonyl (C=O) groups is 2. The molecule has 1 atom stereocenters.